The smallest absolute Gasteiger partial charge is 0.248 e. The Labute approximate surface area is 234 Å². The number of likely N-dealkylation sites (tertiary alicyclic amines) is 1. The lowest BCUT2D eigenvalue weighted by Crippen LogP contribution is -2.46. The SMILES string of the molecule is C[C@@]12CC(C(=O)Nc3cccc(Br)n3)N(C(=O)Cn3c4ccc(C5CCCC5)cc4c4c(N)ncnc43)[C@H]1C2. The molecule has 9 nitrogen and oxygen atoms in total. The molecule has 1 saturated heterocycles. The zero-order valence-electron chi connectivity index (χ0n) is 21.7. The summed E-state index contributed by atoms with van der Waals surface area (Å²) in [5, 5.41) is 4.67. The van der Waals surface area contributed by atoms with Gasteiger partial charge in [0.05, 0.1) is 10.9 Å². The molecule has 0 spiro atoms. The zero-order chi connectivity index (χ0) is 26.9. The molecular weight excluding hydrogens is 558 g/mol. The van der Waals surface area contributed by atoms with Gasteiger partial charge in [-0.15, -0.1) is 0 Å². The molecule has 7 rings (SSSR count). The lowest BCUT2D eigenvalue weighted by molar-refractivity contribution is -0.138. The predicted octanol–water partition coefficient (Wildman–Crippen LogP) is 5.00. The summed E-state index contributed by atoms with van der Waals surface area (Å²) in [5.41, 5.74) is 9.18. The number of piperidine rings is 1. The maximum absolute atomic E-state index is 14.0. The lowest BCUT2D eigenvalue weighted by Gasteiger charge is -2.27. The molecule has 10 heteroatoms. The van der Waals surface area contributed by atoms with Gasteiger partial charge in [0.1, 0.15) is 40.8 Å². The number of rotatable bonds is 5. The number of carbonyl (C=O) groups excluding carboxylic acids is 2. The third-order valence-corrected chi connectivity index (χ3v) is 9.45. The van der Waals surface area contributed by atoms with Crippen LogP contribution in [0.25, 0.3) is 21.9 Å². The predicted molar refractivity (Wildman–Crippen MR) is 153 cm³/mol. The summed E-state index contributed by atoms with van der Waals surface area (Å²) in [6, 6.07) is 11.3. The Hall–Kier alpha value is -3.53. The van der Waals surface area contributed by atoms with Crippen LogP contribution in [-0.2, 0) is 16.1 Å². The second-order valence-corrected chi connectivity index (χ2v) is 12.3. The van der Waals surface area contributed by atoms with E-state index in [4.69, 9.17) is 5.73 Å². The average molecular weight is 589 g/mol. The minimum atomic E-state index is -0.552. The van der Waals surface area contributed by atoms with E-state index in [0.717, 1.165) is 22.7 Å². The van der Waals surface area contributed by atoms with Gasteiger partial charge in [-0.3, -0.25) is 9.59 Å². The van der Waals surface area contributed by atoms with Crippen LogP contribution in [0.4, 0.5) is 11.6 Å². The molecule has 2 saturated carbocycles. The van der Waals surface area contributed by atoms with Crippen molar-refractivity contribution in [1.82, 2.24) is 24.4 Å². The van der Waals surface area contributed by atoms with E-state index in [1.54, 1.807) is 17.0 Å². The van der Waals surface area contributed by atoms with Gasteiger partial charge in [0.15, 0.2) is 0 Å². The molecule has 4 heterocycles. The van der Waals surface area contributed by atoms with Crippen LogP contribution >= 0.6 is 15.9 Å². The van der Waals surface area contributed by atoms with Crippen LogP contribution < -0.4 is 11.1 Å². The highest BCUT2D eigenvalue weighted by atomic mass is 79.9. The topological polar surface area (TPSA) is 119 Å². The molecule has 2 aliphatic carbocycles. The van der Waals surface area contributed by atoms with Crippen molar-refractivity contribution in [2.45, 2.75) is 70.0 Å². The summed E-state index contributed by atoms with van der Waals surface area (Å²) >= 11 is 3.35. The molecule has 1 aromatic carbocycles. The molecule has 3 fully saturated rings. The summed E-state index contributed by atoms with van der Waals surface area (Å²) in [6.45, 7) is 2.23. The summed E-state index contributed by atoms with van der Waals surface area (Å²) in [4.78, 5) is 42.3. The fraction of sp³-hybridized carbons (Fsp3) is 0.414. The lowest BCUT2D eigenvalue weighted by atomic mass is 9.96. The van der Waals surface area contributed by atoms with E-state index < -0.39 is 6.04 Å². The third kappa shape index (κ3) is 4.07. The molecule has 3 aliphatic rings. The quantitative estimate of drug-likeness (QED) is 0.317. The van der Waals surface area contributed by atoms with E-state index in [-0.39, 0.29) is 29.8 Å². The van der Waals surface area contributed by atoms with E-state index in [2.05, 4.69) is 61.3 Å². The highest BCUT2D eigenvalue weighted by Crippen LogP contribution is 2.59. The maximum Gasteiger partial charge on any atom is 0.248 e. The molecule has 1 aliphatic heterocycles. The van der Waals surface area contributed by atoms with Gasteiger partial charge in [0, 0.05) is 11.4 Å². The van der Waals surface area contributed by atoms with Crippen LogP contribution in [0, 0.1) is 5.41 Å². The third-order valence-electron chi connectivity index (χ3n) is 9.01. The van der Waals surface area contributed by atoms with Crippen LogP contribution in [0.15, 0.2) is 47.3 Å². The van der Waals surface area contributed by atoms with Gasteiger partial charge in [0.2, 0.25) is 11.8 Å². The molecule has 3 aromatic heterocycles. The number of nitrogens with zero attached hydrogens (tertiary/aromatic N) is 5. The Kier molecular flexibility index (Phi) is 5.66. The first kappa shape index (κ1) is 24.5. The highest BCUT2D eigenvalue weighted by Gasteiger charge is 2.64. The summed E-state index contributed by atoms with van der Waals surface area (Å²) < 4.78 is 2.57. The van der Waals surface area contributed by atoms with E-state index in [1.807, 2.05) is 10.6 Å². The van der Waals surface area contributed by atoms with Crippen LogP contribution in [0.2, 0.25) is 0 Å². The number of fused-ring (bicyclic) bond motifs is 4. The van der Waals surface area contributed by atoms with Crippen LogP contribution in [-0.4, -0.2) is 48.3 Å². The Bertz CT molecular complexity index is 1650. The fourth-order valence-electron chi connectivity index (χ4n) is 6.89. The summed E-state index contributed by atoms with van der Waals surface area (Å²) in [7, 11) is 0. The number of nitrogens with one attached hydrogen (secondary N) is 1. The van der Waals surface area contributed by atoms with E-state index in [9.17, 15) is 9.59 Å². The largest absolute Gasteiger partial charge is 0.383 e. The molecule has 4 aromatic rings. The molecule has 3 N–H and O–H groups in total. The molecule has 1 unspecified atom stereocenters. The zero-order valence-corrected chi connectivity index (χ0v) is 23.3. The van der Waals surface area contributed by atoms with E-state index in [0.29, 0.717) is 34.2 Å². The van der Waals surface area contributed by atoms with Crippen molar-refractivity contribution in [1.29, 1.82) is 0 Å². The first-order chi connectivity index (χ1) is 18.8. The first-order valence-corrected chi connectivity index (χ1v) is 14.4. The van der Waals surface area contributed by atoms with E-state index >= 15 is 0 Å². The van der Waals surface area contributed by atoms with Gasteiger partial charge in [-0.2, -0.15) is 0 Å². The van der Waals surface area contributed by atoms with Crippen molar-refractivity contribution in [2.75, 3.05) is 11.1 Å². The van der Waals surface area contributed by atoms with Gasteiger partial charge in [-0.1, -0.05) is 31.9 Å². The Morgan fingerprint density at radius 1 is 1.15 bits per heavy atom. The standard InChI is InChI=1S/C29H30BrN7O2/c1-29-12-20(28(39)35-23-8-4-7-22(30)34-23)37(21(29)13-29)24(38)14-36-19-10-9-17(16-5-2-3-6-16)11-18(19)25-26(31)32-15-33-27(25)36/h4,7-11,15-16,20-21H,2-3,5-6,12-14H2,1H3,(H2,31,32,33)(H,34,35,39)/t20?,21-,29-/m0/s1. The first-order valence-electron chi connectivity index (χ1n) is 13.6. The number of nitrogen functional groups attached to an aromatic ring is 1. The van der Waals surface area contributed by atoms with Gasteiger partial charge in [0.25, 0.3) is 0 Å². The highest BCUT2D eigenvalue weighted by molar-refractivity contribution is 9.10. The van der Waals surface area contributed by atoms with Crippen molar-refractivity contribution in [3.05, 3.63) is 52.9 Å². The van der Waals surface area contributed by atoms with Crippen molar-refractivity contribution >= 4 is 61.3 Å². The number of hydrogen-bond donors (Lipinski definition) is 2. The Morgan fingerprint density at radius 3 is 2.77 bits per heavy atom. The monoisotopic (exact) mass is 587 g/mol. The molecular formula is C29H30BrN7O2. The number of benzene rings is 1. The molecule has 0 radical (unpaired) electrons. The Balaban J connectivity index is 1.23. The van der Waals surface area contributed by atoms with Gasteiger partial charge >= 0.3 is 0 Å². The molecule has 3 atom stereocenters. The van der Waals surface area contributed by atoms with Crippen molar-refractivity contribution in [3.8, 4) is 0 Å². The summed E-state index contributed by atoms with van der Waals surface area (Å²) in [5.74, 6) is 1.11. The van der Waals surface area contributed by atoms with Gasteiger partial charge < -0.3 is 20.5 Å². The number of anilines is 2. The average Bonchev–Trinajstić information content (AvgIpc) is 3.29. The number of hydrogen-bond acceptors (Lipinski definition) is 6. The number of amides is 2. The van der Waals surface area contributed by atoms with Crippen LogP contribution in [0.3, 0.4) is 0 Å². The van der Waals surface area contributed by atoms with Crippen molar-refractivity contribution < 1.29 is 9.59 Å². The fourth-order valence-corrected chi connectivity index (χ4v) is 7.24. The molecule has 39 heavy (non-hydrogen) atoms. The number of carbonyl (C=O) groups is 2. The number of nitrogens with two attached hydrogens (primary N) is 1. The minimum absolute atomic E-state index is 0.0357. The number of pyridine rings is 1. The van der Waals surface area contributed by atoms with Gasteiger partial charge in [-0.05, 0) is 82.8 Å². The Morgan fingerprint density at radius 2 is 1.97 bits per heavy atom. The van der Waals surface area contributed by atoms with Crippen LogP contribution in [0.1, 0.15) is 56.9 Å². The molecule has 200 valence electrons. The second kappa shape index (κ2) is 9.01. The number of aromatic nitrogens is 4. The maximum atomic E-state index is 14.0. The minimum Gasteiger partial charge on any atom is -0.383 e. The van der Waals surface area contributed by atoms with E-state index in [1.165, 1.54) is 37.6 Å². The van der Waals surface area contributed by atoms with Gasteiger partial charge in [-0.25, -0.2) is 15.0 Å². The number of halogens is 1. The second-order valence-electron chi connectivity index (χ2n) is 11.5. The molecule has 2 amide bonds. The molecule has 0 bridgehead atoms. The van der Waals surface area contributed by atoms with Crippen molar-refractivity contribution in [2.24, 2.45) is 5.41 Å². The normalized spacial score (nSPS) is 24.4. The van der Waals surface area contributed by atoms with Crippen LogP contribution in [0.5, 0.6) is 0 Å². The summed E-state index contributed by atoms with van der Waals surface area (Å²) in [6.07, 6.45) is 7.90. The van der Waals surface area contributed by atoms with Crippen molar-refractivity contribution in [3.63, 3.8) is 0 Å².